The summed E-state index contributed by atoms with van der Waals surface area (Å²) in [4.78, 5) is 26.4. The SMILES string of the molecule is C#CCn1nccc1C(=O)NC(C(=O)Nc1ccc(-c2c(C)n[nH]c2C)cc1)C1CCCCC1. The summed E-state index contributed by atoms with van der Waals surface area (Å²) in [5.74, 6) is 2.01. The van der Waals surface area contributed by atoms with Gasteiger partial charge in [-0.2, -0.15) is 10.2 Å². The maximum absolute atomic E-state index is 13.4. The summed E-state index contributed by atoms with van der Waals surface area (Å²) in [6, 6.07) is 8.66. The van der Waals surface area contributed by atoms with E-state index in [1.165, 1.54) is 10.9 Å². The van der Waals surface area contributed by atoms with Crippen LogP contribution in [0.1, 0.15) is 54.0 Å². The fourth-order valence-electron chi connectivity index (χ4n) is 4.73. The van der Waals surface area contributed by atoms with Gasteiger partial charge in [-0.15, -0.1) is 6.42 Å². The minimum absolute atomic E-state index is 0.0807. The van der Waals surface area contributed by atoms with Gasteiger partial charge in [0.2, 0.25) is 5.91 Å². The lowest BCUT2D eigenvalue weighted by molar-refractivity contribution is -0.119. The van der Waals surface area contributed by atoms with Crippen LogP contribution in [-0.2, 0) is 11.3 Å². The van der Waals surface area contributed by atoms with Gasteiger partial charge in [-0.25, -0.2) is 4.68 Å². The summed E-state index contributed by atoms with van der Waals surface area (Å²) in [5, 5.41) is 17.3. The van der Waals surface area contributed by atoms with Gasteiger partial charge in [0.15, 0.2) is 0 Å². The summed E-state index contributed by atoms with van der Waals surface area (Å²) in [6.07, 6.45) is 12.0. The molecule has 8 nitrogen and oxygen atoms in total. The number of nitrogens with one attached hydrogen (secondary N) is 3. The molecule has 0 aliphatic heterocycles. The van der Waals surface area contributed by atoms with Gasteiger partial charge < -0.3 is 10.6 Å². The number of terminal acetylenes is 1. The fraction of sp³-hybridized carbons (Fsp3) is 0.385. The molecule has 1 unspecified atom stereocenters. The van der Waals surface area contributed by atoms with E-state index in [2.05, 4.69) is 31.9 Å². The number of hydrogen-bond acceptors (Lipinski definition) is 4. The minimum atomic E-state index is -0.639. The highest BCUT2D eigenvalue weighted by atomic mass is 16.2. The molecule has 3 aromatic rings. The van der Waals surface area contributed by atoms with Crippen LogP contribution >= 0.6 is 0 Å². The summed E-state index contributed by atoms with van der Waals surface area (Å²) < 4.78 is 1.46. The van der Waals surface area contributed by atoms with Gasteiger partial charge in [-0.3, -0.25) is 14.7 Å². The van der Waals surface area contributed by atoms with Gasteiger partial charge in [-0.05, 0) is 56.4 Å². The second-order valence-corrected chi connectivity index (χ2v) is 8.80. The van der Waals surface area contributed by atoms with Crippen LogP contribution in [0.15, 0.2) is 36.5 Å². The molecule has 2 amide bonds. The summed E-state index contributed by atoms with van der Waals surface area (Å²) in [5.41, 5.74) is 5.05. The second kappa shape index (κ2) is 10.4. The quantitative estimate of drug-likeness (QED) is 0.468. The smallest absolute Gasteiger partial charge is 0.270 e. The first-order chi connectivity index (χ1) is 16.5. The van der Waals surface area contributed by atoms with E-state index in [9.17, 15) is 9.59 Å². The van der Waals surface area contributed by atoms with Crippen LogP contribution in [-0.4, -0.2) is 37.8 Å². The predicted octanol–water partition coefficient (Wildman–Crippen LogP) is 3.84. The van der Waals surface area contributed by atoms with E-state index < -0.39 is 6.04 Å². The second-order valence-electron chi connectivity index (χ2n) is 8.80. The maximum atomic E-state index is 13.4. The number of anilines is 1. The highest BCUT2D eigenvalue weighted by molar-refractivity contribution is 6.00. The van der Waals surface area contributed by atoms with Crippen molar-refractivity contribution in [3.8, 4) is 23.5 Å². The molecule has 176 valence electrons. The average molecular weight is 459 g/mol. The zero-order valence-corrected chi connectivity index (χ0v) is 19.6. The van der Waals surface area contributed by atoms with Crippen LogP contribution in [0.25, 0.3) is 11.1 Å². The van der Waals surface area contributed by atoms with Crippen molar-refractivity contribution in [2.24, 2.45) is 5.92 Å². The number of rotatable bonds is 7. The molecule has 0 saturated heterocycles. The number of hydrogen-bond donors (Lipinski definition) is 3. The van der Waals surface area contributed by atoms with Crippen molar-refractivity contribution >= 4 is 17.5 Å². The summed E-state index contributed by atoms with van der Waals surface area (Å²) in [6.45, 7) is 4.14. The number of carbonyl (C=O) groups is 2. The molecule has 1 saturated carbocycles. The van der Waals surface area contributed by atoms with E-state index in [0.29, 0.717) is 11.4 Å². The first-order valence-electron chi connectivity index (χ1n) is 11.7. The number of nitrogens with zero attached hydrogens (tertiary/aromatic N) is 3. The Balaban J connectivity index is 1.51. The third-order valence-corrected chi connectivity index (χ3v) is 6.45. The largest absolute Gasteiger partial charge is 0.339 e. The van der Waals surface area contributed by atoms with Gasteiger partial charge in [0.05, 0.1) is 5.69 Å². The van der Waals surface area contributed by atoms with Crippen LogP contribution in [0, 0.1) is 32.1 Å². The standard InChI is InChI=1S/C26H30N6O2/c1-4-16-32-22(14-15-27-32)25(33)29-24(20-8-6-5-7-9-20)26(34)28-21-12-10-19(11-13-21)23-17(2)30-31-18(23)3/h1,10-15,20,24H,5-9,16H2,2-3H3,(H,28,34)(H,29,33)(H,30,31). The molecule has 4 rings (SSSR count). The van der Waals surface area contributed by atoms with Crippen molar-refractivity contribution in [1.29, 1.82) is 0 Å². The van der Waals surface area contributed by atoms with E-state index in [1.807, 2.05) is 38.1 Å². The lowest BCUT2D eigenvalue weighted by atomic mass is 9.83. The zero-order chi connectivity index (χ0) is 24.1. The normalized spacial score (nSPS) is 14.9. The molecular formula is C26H30N6O2. The van der Waals surface area contributed by atoms with Crippen molar-refractivity contribution < 1.29 is 9.59 Å². The number of carbonyl (C=O) groups excluding carboxylic acids is 2. The van der Waals surface area contributed by atoms with Gasteiger partial charge in [0, 0.05) is 23.1 Å². The zero-order valence-electron chi connectivity index (χ0n) is 19.6. The number of amides is 2. The average Bonchev–Trinajstić information content (AvgIpc) is 3.44. The van der Waals surface area contributed by atoms with Crippen LogP contribution in [0.2, 0.25) is 0 Å². The molecule has 3 N–H and O–H groups in total. The Hall–Kier alpha value is -3.86. The lowest BCUT2D eigenvalue weighted by Crippen LogP contribution is -2.49. The molecule has 1 atom stereocenters. The third kappa shape index (κ3) is 5.04. The van der Waals surface area contributed by atoms with Crippen molar-refractivity contribution in [2.75, 3.05) is 5.32 Å². The fourth-order valence-corrected chi connectivity index (χ4v) is 4.73. The Morgan fingerprint density at radius 1 is 1.18 bits per heavy atom. The highest BCUT2D eigenvalue weighted by Gasteiger charge is 2.32. The van der Waals surface area contributed by atoms with E-state index in [-0.39, 0.29) is 24.3 Å². The molecule has 1 aliphatic rings. The Morgan fingerprint density at radius 3 is 2.56 bits per heavy atom. The maximum Gasteiger partial charge on any atom is 0.270 e. The topological polar surface area (TPSA) is 105 Å². The lowest BCUT2D eigenvalue weighted by Gasteiger charge is -2.30. The molecule has 1 aromatic carbocycles. The van der Waals surface area contributed by atoms with E-state index >= 15 is 0 Å². The number of aryl methyl sites for hydroxylation is 2. The number of aromatic amines is 1. The van der Waals surface area contributed by atoms with Crippen LogP contribution in [0.5, 0.6) is 0 Å². The Morgan fingerprint density at radius 2 is 1.91 bits per heavy atom. The van der Waals surface area contributed by atoms with Gasteiger partial charge in [0.1, 0.15) is 18.3 Å². The first-order valence-corrected chi connectivity index (χ1v) is 11.7. The molecule has 8 heteroatoms. The van der Waals surface area contributed by atoms with Gasteiger partial charge >= 0.3 is 0 Å². The number of H-pyrrole nitrogens is 1. The van der Waals surface area contributed by atoms with Gasteiger partial charge in [-0.1, -0.05) is 37.3 Å². The molecule has 0 spiro atoms. The molecular weight excluding hydrogens is 428 g/mol. The van der Waals surface area contributed by atoms with Crippen LogP contribution < -0.4 is 10.6 Å². The molecule has 0 bridgehead atoms. The van der Waals surface area contributed by atoms with Crippen LogP contribution in [0.3, 0.4) is 0 Å². The number of benzene rings is 1. The van der Waals surface area contributed by atoms with E-state index in [4.69, 9.17) is 6.42 Å². The predicted molar refractivity (Wildman–Crippen MR) is 131 cm³/mol. The summed E-state index contributed by atoms with van der Waals surface area (Å²) >= 11 is 0. The van der Waals surface area contributed by atoms with Gasteiger partial charge in [0.25, 0.3) is 5.91 Å². The third-order valence-electron chi connectivity index (χ3n) is 6.45. The molecule has 1 aliphatic carbocycles. The Labute approximate surface area is 199 Å². The van der Waals surface area contributed by atoms with E-state index in [0.717, 1.165) is 54.6 Å². The molecule has 2 aromatic heterocycles. The minimum Gasteiger partial charge on any atom is -0.339 e. The monoisotopic (exact) mass is 458 g/mol. The Bertz CT molecular complexity index is 1180. The molecule has 34 heavy (non-hydrogen) atoms. The van der Waals surface area contributed by atoms with Crippen LogP contribution in [0.4, 0.5) is 5.69 Å². The molecule has 2 heterocycles. The van der Waals surface area contributed by atoms with Crippen molar-refractivity contribution in [1.82, 2.24) is 25.3 Å². The Kier molecular flexibility index (Phi) is 7.12. The summed E-state index contributed by atoms with van der Waals surface area (Å²) in [7, 11) is 0. The van der Waals surface area contributed by atoms with Crippen molar-refractivity contribution in [3.63, 3.8) is 0 Å². The highest BCUT2D eigenvalue weighted by Crippen LogP contribution is 2.29. The first kappa shape index (κ1) is 23.3. The molecule has 0 radical (unpaired) electrons. The van der Waals surface area contributed by atoms with Crippen molar-refractivity contribution in [2.45, 2.75) is 58.5 Å². The van der Waals surface area contributed by atoms with E-state index in [1.54, 1.807) is 6.07 Å². The van der Waals surface area contributed by atoms with Crippen molar-refractivity contribution in [3.05, 3.63) is 53.6 Å². The molecule has 1 fully saturated rings. The number of aromatic nitrogens is 4.